The molecule has 0 atom stereocenters. The van der Waals surface area contributed by atoms with Crippen LogP contribution in [0.4, 0.5) is 0 Å². The van der Waals surface area contributed by atoms with E-state index in [1.807, 2.05) is 72.8 Å². The molecular weight excluding hydrogens is 574 g/mol. The van der Waals surface area contributed by atoms with Gasteiger partial charge in [-0.05, 0) is 57.3 Å². The van der Waals surface area contributed by atoms with E-state index in [0.717, 1.165) is 21.9 Å². The smallest absolute Gasteiger partial charge is 0.164 e. The average Bonchev–Trinajstić information content (AvgIpc) is 3.63. The third-order valence-electron chi connectivity index (χ3n) is 7.85. The highest BCUT2D eigenvalue weighted by Crippen LogP contribution is 2.37. The molecule has 9 aromatic rings. The van der Waals surface area contributed by atoms with E-state index in [1.54, 1.807) is 24.3 Å². The molecule has 4 nitrogen and oxygen atoms in total. The first-order valence-corrected chi connectivity index (χ1v) is 14.8. The van der Waals surface area contributed by atoms with Crippen LogP contribution in [0.2, 0.25) is 0 Å². The van der Waals surface area contributed by atoms with Gasteiger partial charge in [0.15, 0.2) is 17.5 Å². The second-order valence-corrected chi connectivity index (χ2v) is 10.8. The minimum absolute atomic E-state index is 0.0698. The van der Waals surface area contributed by atoms with Gasteiger partial charge in [-0.15, -0.1) is 0 Å². The fraction of sp³-hybridized carbons (Fsp3) is 0. The van der Waals surface area contributed by atoms with Gasteiger partial charge in [0.25, 0.3) is 0 Å². The molecule has 2 aromatic heterocycles. The van der Waals surface area contributed by atoms with E-state index in [9.17, 15) is 0 Å². The fourth-order valence-electron chi connectivity index (χ4n) is 5.60. The zero-order chi connectivity index (χ0) is 40.7. The van der Waals surface area contributed by atoms with E-state index < -0.39 is 77.6 Å². The zero-order valence-electron chi connectivity index (χ0n) is 35.5. The van der Waals surface area contributed by atoms with Crippen molar-refractivity contribution >= 4 is 32.7 Å². The Morgan fingerprint density at radius 1 is 0.447 bits per heavy atom. The van der Waals surface area contributed by atoms with Gasteiger partial charge in [0.1, 0.15) is 11.2 Å². The highest BCUT2D eigenvalue weighted by Gasteiger charge is 2.18. The topological polar surface area (TPSA) is 51.8 Å². The van der Waals surface area contributed by atoms with Gasteiger partial charge in [-0.3, -0.25) is 0 Å². The molecule has 0 amide bonds. The van der Waals surface area contributed by atoms with Crippen LogP contribution in [-0.2, 0) is 0 Å². The van der Waals surface area contributed by atoms with E-state index in [1.165, 1.54) is 0 Å². The van der Waals surface area contributed by atoms with Crippen LogP contribution in [0.5, 0.6) is 0 Å². The third kappa shape index (κ3) is 4.93. The number of fused-ring (bicyclic) bond motifs is 4. The van der Waals surface area contributed by atoms with Gasteiger partial charge in [-0.25, -0.2) is 15.0 Å². The van der Waals surface area contributed by atoms with Crippen LogP contribution in [0.1, 0.15) is 15.1 Å². The number of benzene rings is 7. The summed E-state index contributed by atoms with van der Waals surface area (Å²) in [5.41, 5.74) is 2.70. The molecule has 0 radical (unpaired) electrons. The Bertz CT molecular complexity index is 3180. The second-order valence-electron chi connectivity index (χ2n) is 10.8. The second kappa shape index (κ2) is 11.2. The molecule has 2 heterocycles. The van der Waals surface area contributed by atoms with Crippen molar-refractivity contribution in [3.05, 3.63) is 164 Å². The summed E-state index contributed by atoms with van der Waals surface area (Å²) in [6, 6.07) is 23.1. The number of aromatic nitrogens is 3. The fourth-order valence-corrected chi connectivity index (χ4v) is 5.60. The first kappa shape index (κ1) is 17.9. The summed E-state index contributed by atoms with van der Waals surface area (Å²) in [4.78, 5) is 14.7. The first-order chi connectivity index (χ1) is 27.9. The summed E-state index contributed by atoms with van der Waals surface area (Å²) in [6.07, 6.45) is 0. The lowest BCUT2D eigenvalue weighted by molar-refractivity contribution is 0.669. The summed E-state index contributed by atoms with van der Waals surface area (Å²) >= 11 is 0. The van der Waals surface area contributed by atoms with Gasteiger partial charge < -0.3 is 4.42 Å². The molecule has 9 rings (SSSR count). The van der Waals surface area contributed by atoms with Crippen LogP contribution >= 0.6 is 0 Å². The number of furan rings is 1. The number of para-hydroxylation sites is 1. The van der Waals surface area contributed by atoms with Crippen molar-refractivity contribution in [2.24, 2.45) is 0 Å². The maximum atomic E-state index is 9.12. The van der Waals surface area contributed by atoms with Crippen molar-refractivity contribution in [2.45, 2.75) is 0 Å². The number of nitrogens with zero attached hydrogens (tertiary/aromatic N) is 3. The van der Waals surface area contributed by atoms with Crippen LogP contribution in [0.25, 0.3) is 89.1 Å². The van der Waals surface area contributed by atoms with E-state index in [2.05, 4.69) is 0 Å². The van der Waals surface area contributed by atoms with Crippen molar-refractivity contribution in [1.82, 2.24) is 15.0 Å². The largest absolute Gasteiger partial charge is 0.456 e. The summed E-state index contributed by atoms with van der Waals surface area (Å²) in [6.45, 7) is 0. The SMILES string of the molecule is [2H]c1c([2H])c(-c2c([2H])c([2H])c3c([2H])c([2H])c([2H])c([2H])c3c2[2H])c([2H])c([2H])c1-c1cccc(-c2nc(-c3ccccc3)nc(-c3cccc4oc5ccccc5c34)n2)c1. The van der Waals surface area contributed by atoms with Gasteiger partial charge in [0.2, 0.25) is 0 Å². The van der Waals surface area contributed by atoms with E-state index in [0.29, 0.717) is 33.9 Å². The lowest BCUT2D eigenvalue weighted by Crippen LogP contribution is -2.00. The van der Waals surface area contributed by atoms with Crippen molar-refractivity contribution in [3.63, 3.8) is 0 Å². The Labute approximate surface area is 287 Å². The molecule has 0 aliphatic heterocycles. The molecule has 0 N–H and O–H groups in total. The predicted molar refractivity (Wildman–Crippen MR) is 192 cm³/mol. The standard InChI is InChI=1S/C43H27N3O/c1-2-11-31(12-3-1)41-44-42(46-43(45-41)37-17-9-19-39-40(37)36-16-6-7-18-38(36)47-39)35-15-8-14-33(27-35)29-20-22-30(23-21-29)34-25-24-28-10-4-5-13-32(28)26-34/h1-27H/i4D,5D,10D,13D,20D,21D,22D,23D,24D,25D,26D. The maximum Gasteiger partial charge on any atom is 0.164 e. The third-order valence-corrected chi connectivity index (χ3v) is 7.85. The van der Waals surface area contributed by atoms with E-state index in [-0.39, 0.29) is 22.2 Å². The molecule has 0 unspecified atom stereocenters. The average molecular weight is 613 g/mol. The van der Waals surface area contributed by atoms with E-state index in [4.69, 9.17) is 34.4 Å². The molecule has 4 heteroatoms. The molecule has 0 saturated carbocycles. The quantitative estimate of drug-likeness (QED) is 0.194. The van der Waals surface area contributed by atoms with Gasteiger partial charge in [-0.1, -0.05) is 139 Å². The highest BCUT2D eigenvalue weighted by atomic mass is 16.3. The molecule has 0 fully saturated rings. The molecule has 220 valence electrons. The molecule has 47 heavy (non-hydrogen) atoms. The van der Waals surface area contributed by atoms with Crippen LogP contribution in [-0.4, -0.2) is 15.0 Å². The van der Waals surface area contributed by atoms with Crippen LogP contribution in [0.15, 0.2) is 168 Å². The van der Waals surface area contributed by atoms with Gasteiger partial charge >= 0.3 is 0 Å². The maximum absolute atomic E-state index is 9.12. The highest BCUT2D eigenvalue weighted by molar-refractivity contribution is 6.11. The Morgan fingerprint density at radius 3 is 1.91 bits per heavy atom. The van der Waals surface area contributed by atoms with Crippen LogP contribution in [0, 0.1) is 0 Å². The van der Waals surface area contributed by atoms with Crippen molar-refractivity contribution < 1.29 is 19.5 Å². The molecular formula is C43H27N3O. The first-order valence-electron chi connectivity index (χ1n) is 20.3. The van der Waals surface area contributed by atoms with E-state index >= 15 is 0 Å². The lowest BCUT2D eigenvalue weighted by atomic mass is 9.97. The number of rotatable bonds is 5. The predicted octanol–water partition coefficient (Wildman–Crippen LogP) is 11.3. The molecule has 0 bridgehead atoms. The monoisotopic (exact) mass is 612 g/mol. The van der Waals surface area contributed by atoms with Gasteiger partial charge in [-0.2, -0.15) is 0 Å². The molecule has 7 aromatic carbocycles. The molecule has 0 saturated heterocycles. The minimum Gasteiger partial charge on any atom is -0.456 e. The normalized spacial score (nSPS) is 14.7. The van der Waals surface area contributed by atoms with Crippen LogP contribution < -0.4 is 0 Å². The van der Waals surface area contributed by atoms with Crippen molar-refractivity contribution in [2.75, 3.05) is 0 Å². The van der Waals surface area contributed by atoms with Gasteiger partial charge in [0.05, 0.1) is 15.1 Å². The Balaban J connectivity index is 1.23. The number of hydrogen-bond acceptors (Lipinski definition) is 4. The summed E-state index contributed by atoms with van der Waals surface area (Å²) < 4.78 is 102. The summed E-state index contributed by atoms with van der Waals surface area (Å²) in [5, 5.41) is 1.05. The van der Waals surface area contributed by atoms with Crippen molar-refractivity contribution in [1.29, 1.82) is 0 Å². The lowest BCUT2D eigenvalue weighted by Gasteiger charge is -2.11. The van der Waals surface area contributed by atoms with Crippen LogP contribution in [0.3, 0.4) is 0 Å². The summed E-state index contributed by atoms with van der Waals surface area (Å²) in [5.74, 6) is 1.06. The Kier molecular flexibility index (Phi) is 4.27. The summed E-state index contributed by atoms with van der Waals surface area (Å²) in [7, 11) is 0. The molecule has 0 spiro atoms. The zero-order valence-corrected chi connectivity index (χ0v) is 24.5. The minimum atomic E-state index is -0.656. The Morgan fingerprint density at radius 2 is 1.06 bits per heavy atom. The van der Waals surface area contributed by atoms with Crippen molar-refractivity contribution in [3.8, 4) is 56.4 Å². The molecule has 0 aliphatic rings. The molecule has 0 aliphatic carbocycles. The van der Waals surface area contributed by atoms with Gasteiger partial charge in [0, 0.05) is 27.5 Å². The number of hydrogen-bond donors (Lipinski definition) is 0. The Hall–Kier alpha value is -6.39.